The molecule has 7 nitrogen and oxygen atoms in total. The van der Waals surface area contributed by atoms with Crippen LogP contribution in [-0.2, 0) is 26.8 Å². The van der Waals surface area contributed by atoms with Crippen LogP contribution in [0.25, 0.3) is 0 Å². The van der Waals surface area contributed by atoms with Crippen LogP contribution in [0.1, 0.15) is 18.1 Å². The van der Waals surface area contributed by atoms with Gasteiger partial charge in [-0.3, -0.25) is 19.4 Å². The number of sulfonamides is 1. The molecule has 2 N–H and O–H groups in total. The van der Waals surface area contributed by atoms with Crippen LogP contribution >= 0.6 is 15.9 Å². The summed E-state index contributed by atoms with van der Waals surface area (Å²) in [5.41, 5.74) is 1.22. The lowest BCUT2D eigenvalue weighted by molar-refractivity contribution is -0.130. The van der Waals surface area contributed by atoms with Gasteiger partial charge in [0, 0.05) is 18.1 Å². The maximum atomic E-state index is 13.1. The predicted molar refractivity (Wildman–Crippen MR) is 117 cm³/mol. The van der Waals surface area contributed by atoms with Gasteiger partial charge >= 0.3 is 0 Å². The number of carbonyl (C=O) groups excluding carboxylic acids is 1. The van der Waals surface area contributed by atoms with E-state index >= 15 is 0 Å². The molecule has 1 aliphatic rings. The third kappa shape index (κ3) is 4.30. The summed E-state index contributed by atoms with van der Waals surface area (Å²) >= 11 is 3.42. The first-order valence-corrected chi connectivity index (χ1v) is 11.6. The Morgan fingerprint density at radius 3 is 2.55 bits per heavy atom. The van der Waals surface area contributed by atoms with E-state index in [0.717, 1.165) is 21.9 Å². The van der Waals surface area contributed by atoms with Gasteiger partial charge in [0.25, 0.3) is 5.91 Å². The number of hydrogen-bond donors (Lipinski definition) is 2. The van der Waals surface area contributed by atoms with Gasteiger partial charge in [-0.05, 0) is 48.7 Å². The standard InChI is InChI=1S/C20H23BrN4O3S/c1-20(15-7-5-8-16(21)13-15)18(26)25(19(22)23-20)11-10-14-6-4-9-17(12-14)24(2)29(3,27)28/h4-9,12-13H,10-11H2,1-3H3,(H2,22,23). The average molecular weight is 479 g/mol. The van der Waals surface area contributed by atoms with Crippen LogP contribution in [0, 0.1) is 5.41 Å². The molecule has 29 heavy (non-hydrogen) atoms. The molecule has 0 saturated carbocycles. The highest BCUT2D eigenvalue weighted by Crippen LogP contribution is 2.30. The molecule has 1 atom stereocenters. The van der Waals surface area contributed by atoms with E-state index in [9.17, 15) is 13.2 Å². The Hall–Kier alpha value is -2.39. The summed E-state index contributed by atoms with van der Waals surface area (Å²) in [6.45, 7) is 2.09. The maximum Gasteiger partial charge on any atom is 0.259 e. The van der Waals surface area contributed by atoms with Crippen LogP contribution in [0.3, 0.4) is 0 Å². The lowest BCUT2D eigenvalue weighted by atomic mass is 9.92. The number of carbonyl (C=O) groups is 1. The molecule has 0 spiro atoms. The zero-order valence-electron chi connectivity index (χ0n) is 16.4. The van der Waals surface area contributed by atoms with E-state index in [-0.39, 0.29) is 11.9 Å². The third-order valence-electron chi connectivity index (χ3n) is 5.11. The molecule has 1 saturated heterocycles. The highest BCUT2D eigenvalue weighted by Gasteiger charge is 2.46. The second-order valence-corrected chi connectivity index (χ2v) is 10.1. The molecular formula is C20H23BrN4O3S. The van der Waals surface area contributed by atoms with Crippen molar-refractivity contribution in [3.63, 3.8) is 0 Å². The van der Waals surface area contributed by atoms with Gasteiger partial charge in [0.15, 0.2) is 5.96 Å². The van der Waals surface area contributed by atoms with Gasteiger partial charge in [0.2, 0.25) is 10.0 Å². The maximum absolute atomic E-state index is 13.1. The fraction of sp³-hybridized carbons (Fsp3) is 0.300. The number of anilines is 1. The van der Waals surface area contributed by atoms with Crippen molar-refractivity contribution in [1.29, 1.82) is 5.41 Å². The van der Waals surface area contributed by atoms with Crippen LogP contribution < -0.4 is 9.62 Å². The largest absolute Gasteiger partial charge is 0.338 e. The van der Waals surface area contributed by atoms with Crippen LogP contribution in [0.4, 0.5) is 5.69 Å². The molecule has 3 rings (SSSR count). The summed E-state index contributed by atoms with van der Waals surface area (Å²) in [6, 6.07) is 14.6. The molecule has 1 amide bonds. The molecule has 1 fully saturated rings. The molecule has 0 aromatic heterocycles. The number of halogens is 1. The minimum Gasteiger partial charge on any atom is -0.338 e. The first-order chi connectivity index (χ1) is 13.5. The quantitative estimate of drug-likeness (QED) is 0.667. The van der Waals surface area contributed by atoms with Crippen molar-refractivity contribution in [2.75, 3.05) is 24.2 Å². The van der Waals surface area contributed by atoms with Crippen molar-refractivity contribution < 1.29 is 13.2 Å². The number of hydrogen-bond acceptors (Lipinski definition) is 4. The van der Waals surface area contributed by atoms with E-state index < -0.39 is 15.6 Å². The van der Waals surface area contributed by atoms with E-state index in [1.54, 1.807) is 25.1 Å². The zero-order valence-corrected chi connectivity index (χ0v) is 18.8. The van der Waals surface area contributed by atoms with E-state index in [2.05, 4.69) is 21.2 Å². The van der Waals surface area contributed by atoms with E-state index in [0.29, 0.717) is 18.7 Å². The van der Waals surface area contributed by atoms with Crippen molar-refractivity contribution in [3.8, 4) is 0 Å². The minimum absolute atomic E-state index is 0.0573. The second-order valence-electron chi connectivity index (χ2n) is 7.22. The number of rotatable bonds is 6. The van der Waals surface area contributed by atoms with Crippen molar-refractivity contribution >= 4 is 43.5 Å². The monoisotopic (exact) mass is 478 g/mol. The van der Waals surface area contributed by atoms with Gasteiger partial charge in [0.1, 0.15) is 5.54 Å². The zero-order chi connectivity index (χ0) is 21.4. The van der Waals surface area contributed by atoms with Gasteiger partial charge in [-0.15, -0.1) is 0 Å². The van der Waals surface area contributed by atoms with Crippen molar-refractivity contribution in [2.24, 2.45) is 0 Å². The Labute approximate surface area is 179 Å². The van der Waals surface area contributed by atoms with Crippen LogP contribution in [-0.4, -0.2) is 45.0 Å². The van der Waals surface area contributed by atoms with Crippen LogP contribution in [0.15, 0.2) is 53.0 Å². The molecule has 0 aliphatic carbocycles. The summed E-state index contributed by atoms with van der Waals surface area (Å²) < 4.78 is 25.6. The van der Waals surface area contributed by atoms with E-state index in [1.165, 1.54) is 16.3 Å². The lowest BCUT2D eigenvalue weighted by Crippen LogP contribution is -2.41. The Morgan fingerprint density at radius 1 is 1.21 bits per heavy atom. The van der Waals surface area contributed by atoms with Crippen molar-refractivity contribution in [2.45, 2.75) is 18.9 Å². The SMILES string of the molecule is CN(c1cccc(CCN2C(=N)NC(C)(c3cccc(Br)c3)C2=O)c1)S(C)(=O)=O. The Morgan fingerprint density at radius 2 is 1.90 bits per heavy atom. The fourth-order valence-electron chi connectivity index (χ4n) is 3.28. The number of nitrogens with zero attached hydrogens (tertiary/aromatic N) is 2. The average Bonchev–Trinajstić information content (AvgIpc) is 2.88. The van der Waals surface area contributed by atoms with Crippen LogP contribution in [0.2, 0.25) is 0 Å². The van der Waals surface area contributed by atoms with Crippen LogP contribution in [0.5, 0.6) is 0 Å². The lowest BCUT2D eigenvalue weighted by Gasteiger charge is -2.23. The van der Waals surface area contributed by atoms with Crippen molar-refractivity contribution in [1.82, 2.24) is 10.2 Å². The molecule has 9 heteroatoms. The molecule has 0 radical (unpaired) electrons. The number of benzene rings is 2. The predicted octanol–water partition coefficient (Wildman–Crippen LogP) is 2.67. The summed E-state index contributed by atoms with van der Waals surface area (Å²) in [4.78, 5) is 14.5. The third-order valence-corrected chi connectivity index (χ3v) is 6.81. The van der Waals surface area contributed by atoms with Gasteiger partial charge in [-0.1, -0.05) is 40.2 Å². The Balaban J connectivity index is 1.77. The van der Waals surface area contributed by atoms with Gasteiger partial charge < -0.3 is 5.32 Å². The van der Waals surface area contributed by atoms with Gasteiger partial charge in [0.05, 0.1) is 11.9 Å². The first kappa shape index (κ1) is 21.3. The van der Waals surface area contributed by atoms with Gasteiger partial charge in [-0.2, -0.15) is 0 Å². The van der Waals surface area contributed by atoms with Crippen molar-refractivity contribution in [3.05, 3.63) is 64.1 Å². The van der Waals surface area contributed by atoms with E-state index in [4.69, 9.17) is 5.41 Å². The number of guanidine groups is 1. The molecule has 1 aliphatic heterocycles. The Kier molecular flexibility index (Phi) is 5.73. The minimum atomic E-state index is -3.35. The number of nitrogens with one attached hydrogen (secondary N) is 2. The summed E-state index contributed by atoms with van der Waals surface area (Å²) in [7, 11) is -1.85. The highest BCUT2D eigenvalue weighted by molar-refractivity contribution is 9.10. The second kappa shape index (κ2) is 7.79. The summed E-state index contributed by atoms with van der Waals surface area (Å²) in [5, 5.41) is 11.3. The smallest absolute Gasteiger partial charge is 0.259 e. The van der Waals surface area contributed by atoms with E-state index in [1.807, 2.05) is 30.3 Å². The first-order valence-electron chi connectivity index (χ1n) is 9.00. The topological polar surface area (TPSA) is 93.6 Å². The normalized spacial score (nSPS) is 19.4. The molecular weight excluding hydrogens is 456 g/mol. The fourth-order valence-corrected chi connectivity index (χ4v) is 4.17. The molecule has 154 valence electrons. The molecule has 2 aromatic carbocycles. The number of amides is 1. The molecule has 0 bridgehead atoms. The molecule has 1 unspecified atom stereocenters. The van der Waals surface area contributed by atoms with Gasteiger partial charge in [-0.25, -0.2) is 8.42 Å². The molecule has 1 heterocycles. The summed E-state index contributed by atoms with van der Waals surface area (Å²) in [5.74, 6) is -0.133. The molecule has 2 aromatic rings. The summed E-state index contributed by atoms with van der Waals surface area (Å²) in [6.07, 6.45) is 1.65. The Bertz CT molecular complexity index is 1070. The highest BCUT2D eigenvalue weighted by atomic mass is 79.9.